The summed E-state index contributed by atoms with van der Waals surface area (Å²) in [5.74, 6) is 0. The predicted molar refractivity (Wildman–Crippen MR) is 166 cm³/mol. The average molecular weight is 505 g/mol. The highest BCUT2D eigenvalue weighted by atomic mass is 32.1. The number of thiophene rings is 1. The fraction of sp³-hybridized carbons (Fsp3) is 0.333. The molecular weight excluding hydrogens is 464 g/mol. The highest BCUT2D eigenvalue weighted by Gasteiger charge is 2.15. The normalized spacial score (nSPS) is 11.5. The molecule has 1 aromatic heterocycles. The third-order valence-corrected chi connectivity index (χ3v) is 8.94. The SMILES string of the molecule is CCCCCCc1c2ccccc2c(CCCCCC)c2cc(-c3ccc(-c4ccccc4)s3)ccc12. The van der Waals surface area contributed by atoms with Gasteiger partial charge in [-0.3, -0.25) is 0 Å². The number of hydrogen-bond donors (Lipinski definition) is 0. The van der Waals surface area contributed by atoms with Crippen molar-refractivity contribution < 1.29 is 0 Å². The maximum Gasteiger partial charge on any atom is 0.0349 e. The van der Waals surface area contributed by atoms with E-state index in [9.17, 15) is 0 Å². The zero-order valence-electron chi connectivity index (χ0n) is 22.6. The molecule has 0 unspecified atom stereocenters. The Labute approximate surface area is 227 Å². The van der Waals surface area contributed by atoms with E-state index in [1.807, 2.05) is 11.3 Å². The Morgan fingerprint density at radius 3 is 1.62 bits per heavy atom. The van der Waals surface area contributed by atoms with E-state index in [0.29, 0.717) is 0 Å². The second-order valence-electron chi connectivity index (χ2n) is 10.4. The monoisotopic (exact) mass is 504 g/mol. The molecule has 1 heterocycles. The fourth-order valence-electron chi connectivity index (χ4n) is 5.76. The van der Waals surface area contributed by atoms with E-state index in [1.165, 1.54) is 100 Å². The molecule has 0 saturated heterocycles. The van der Waals surface area contributed by atoms with E-state index < -0.39 is 0 Å². The summed E-state index contributed by atoms with van der Waals surface area (Å²) in [7, 11) is 0. The van der Waals surface area contributed by atoms with E-state index in [0.717, 1.165) is 6.42 Å². The van der Waals surface area contributed by atoms with Crippen LogP contribution in [0.4, 0.5) is 0 Å². The molecule has 0 amide bonds. The third-order valence-electron chi connectivity index (χ3n) is 7.76. The van der Waals surface area contributed by atoms with Gasteiger partial charge in [0.25, 0.3) is 0 Å². The minimum atomic E-state index is 1.16. The molecule has 5 aromatic rings. The van der Waals surface area contributed by atoms with Crippen LogP contribution in [0.5, 0.6) is 0 Å². The summed E-state index contributed by atoms with van der Waals surface area (Å²) in [6.45, 7) is 4.60. The lowest BCUT2D eigenvalue weighted by molar-refractivity contribution is 0.668. The minimum absolute atomic E-state index is 1.16. The highest BCUT2D eigenvalue weighted by molar-refractivity contribution is 7.18. The van der Waals surface area contributed by atoms with Crippen molar-refractivity contribution in [3.8, 4) is 20.9 Å². The lowest BCUT2D eigenvalue weighted by Gasteiger charge is -2.18. The molecule has 0 N–H and O–H groups in total. The van der Waals surface area contributed by atoms with E-state index in [1.54, 1.807) is 11.1 Å². The van der Waals surface area contributed by atoms with Gasteiger partial charge in [-0.2, -0.15) is 0 Å². The topological polar surface area (TPSA) is 0 Å². The number of rotatable bonds is 12. The van der Waals surface area contributed by atoms with Crippen LogP contribution in [-0.2, 0) is 12.8 Å². The Balaban J connectivity index is 1.61. The van der Waals surface area contributed by atoms with Crippen LogP contribution in [0.2, 0.25) is 0 Å². The number of hydrogen-bond acceptors (Lipinski definition) is 1. The molecule has 0 spiro atoms. The van der Waals surface area contributed by atoms with E-state index >= 15 is 0 Å². The van der Waals surface area contributed by atoms with Crippen LogP contribution in [0.3, 0.4) is 0 Å². The van der Waals surface area contributed by atoms with Crippen LogP contribution >= 0.6 is 11.3 Å². The van der Waals surface area contributed by atoms with Crippen LogP contribution < -0.4 is 0 Å². The van der Waals surface area contributed by atoms with Gasteiger partial charge in [0, 0.05) is 9.75 Å². The van der Waals surface area contributed by atoms with Crippen molar-refractivity contribution in [2.75, 3.05) is 0 Å². The molecule has 0 atom stereocenters. The van der Waals surface area contributed by atoms with E-state index in [4.69, 9.17) is 0 Å². The van der Waals surface area contributed by atoms with Gasteiger partial charge in [-0.15, -0.1) is 11.3 Å². The molecule has 0 nitrogen and oxygen atoms in total. The van der Waals surface area contributed by atoms with Crippen molar-refractivity contribution in [1.82, 2.24) is 0 Å². The summed E-state index contributed by atoms with van der Waals surface area (Å²) in [6.07, 6.45) is 12.7. The molecular formula is C36H40S. The average Bonchev–Trinajstić information content (AvgIpc) is 3.45. The molecule has 0 fully saturated rings. The van der Waals surface area contributed by atoms with Crippen LogP contribution in [0, 0.1) is 0 Å². The lowest BCUT2D eigenvalue weighted by atomic mass is 9.86. The number of unbranched alkanes of at least 4 members (excludes halogenated alkanes) is 6. The second-order valence-corrected chi connectivity index (χ2v) is 11.5. The Morgan fingerprint density at radius 1 is 0.459 bits per heavy atom. The van der Waals surface area contributed by atoms with Gasteiger partial charge in [-0.25, -0.2) is 0 Å². The fourth-order valence-corrected chi connectivity index (χ4v) is 6.76. The predicted octanol–water partition coefficient (Wildman–Crippen LogP) is 11.6. The van der Waals surface area contributed by atoms with Gasteiger partial charge in [-0.1, -0.05) is 119 Å². The van der Waals surface area contributed by atoms with Crippen LogP contribution in [0.1, 0.15) is 76.3 Å². The third kappa shape index (κ3) is 5.83. The first kappa shape index (κ1) is 25.7. The Hall–Kier alpha value is -2.90. The summed E-state index contributed by atoms with van der Waals surface area (Å²) in [6, 6.07) is 31.9. The molecule has 190 valence electrons. The van der Waals surface area contributed by atoms with Crippen molar-refractivity contribution in [2.45, 2.75) is 78.1 Å². The van der Waals surface area contributed by atoms with Crippen molar-refractivity contribution >= 4 is 32.9 Å². The largest absolute Gasteiger partial charge is 0.135 e. The van der Waals surface area contributed by atoms with Crippen molar-refractivity contribution in [2.24, 2.45) is 0 Å². The first-order valence-electron chi connectivity index (χ1n) is 14.4. The Kier molecular flexibility index (Phi) is 8.74. The lowest BCUT2D eigenvalue weighted by Crippen LogP contribution is -1.98. The molecule has 0 bridgehead atoms. The first-order chi connectivity index (χ1) is 18.3. The molecule has 5 rings (SSSR count). The van der Waals surface area contributed by atoms with Gasteiger partial charge in [0.2, 0.25) is 0 Å². The molecule has 0 aliphatic heterocycles. The van der Waals surface area contributed by atoms with Gasteiger partial charge >= 0.3 is 0 Å². The van der Waals surface area contributed by atoms with Crippen molar-refractivity contribution in [3.05, 3.63) is 96.1 Å². The Morgan fingerprint density at radius 2 is 1.00 bits per heavy atom. The van der Waals surface area contributed by atoms with Gasteiger partial charge in [0.15, 0.2) is 0 Å². The van der Waals surface area contributed by atoms with Gasteiger partial charge in [0.1, 0.15) is 0 Å². The molecule has 0 aliphatic rings. The minimum Gasteiger partial charge on any atom is -0.135 e. The molecule has 4 aromatic carbocycles. The summed E-state index contributed by atoms with van der Waals surface area (Å²) in [4.78, 5) is 2.70. The zero-order valence-corrected chi connectivity index (χ0v) is 23.4. The molecule has 37 heavy (non-hydrogen) atoms. The molecule has 0 radical (unpaired) electrons. The number of fused-ring (bicyclic) bond motifs is 2. The van der Waals surface area contributed by atoms with Gasteiger partial charge in [-0.05, 0) is 87.7 Å². The van der Waals surface area contributed by atoms with Crippen LogP contribution in [-0.4, -0.2) is 0 Å². The zero-order chi connectivity index (χ0) is 25.5. The first-order valence-corrected chi connectivity index (χ1v) is 15.2. The van der Waals surface area contributed by atoms with Crippen molar-refractivity contribution in [1.29, 1.82) is 0 Å². The highest BCUT2D eigenvalue weighted by Crippen LogP contribution is 2.40. The van der Waals surface area contributed by atoms with Gasteiger partial charge in [0.05, 0.1) is 0 Å². The maximum absolute atomic E-state index is 2.51. The standard InChI is InChI=1S/C36H40S/c1-3-5-7-12-18-31-29-20-14-15-21-30(29)32(19-13-8-6-4-2)34-26-28(22-23-33(31)34)36-25-24-35(37-36)27-16-10-9-11-17-27/h9-11,14-17,20-26H,3-8,12-13,18-19H2,1-2H3. The maximum atomic E-state index is 2.51. The summed E-state index contributed by atoms with van der Waals surface area (Å²) >= 11 is 1.91. The quantitative estimate of drug-likeness (QED) is 0.117. The van der Waals surface area contributed by atoms with E-state index in [-0.39, 0.29) is 0 Å². The van der Waals surface area contributed by atoms with Gasteiger partial charge < -0.3 is 0 Å². The van der Waals surface area contributed by atoms with E-state index in [2.05, 4.69) is 98.8 Å². The molecule has 0 aliphatic carbocycles. The smallest absolute Gasteiger partial charge is 0.0349 e. The van der Waals surface area contributed by atoms with Crippen LogP contribution in [0.15, 0.2) is 84.9 Å². The Bertz CT molecular complexity index is 1440. The number of benzene rings is 4. The summed E-state index contributed by atoms with van der Waals surface area (Å²) < 4.78 is 0. The van der Waals surface area contributed by atoms with Crippen LogP contribution in [0.25, 0.3) is 42.4 Å². The van der Waals surface area contributed by atoms with Crippen molar-refractivity contribution in [3.63, 3.8) is 0 Å². The summed E-state index contributed by atoms with van der Waals surface area (Å²) in [5, 5.41) is 5.91. The molecule has 1 heteroatoms. The molecule has 0 saturated carbocycles. The summed E-state index contributed by atoms with van der Waals surface area (Å²) in [5.41, 5.74) is 5.76. The number of aryl methyl sites for hydroxylation is 2. The second kappa shape index (κ2) is 12.6.